The van der Waals surface area contributed by atoms with Gasteiger partial charge in [0.1, 0.15) is 11.9 Å². The largest absolute Gasteiger partial charge is 0.291 e. The average Bonchev–Trinajstić information content (AvgIpc) is 2.97. The molecule has 8 nitrogen and oxygen atoms in total. The van der Waals surface area contributed by atoms with E-state index in [2.05, 4.69) is 30.6 Å². The van der Waals surface area contributed by atoms with Gasteiger partial charge in [0.2, 0.25) is 5.95 Å². The molecule has 0 aliphatic rings. The van der Waals surface area contributed by atoms with Crippen LogP contribution in [0.2, 0.25) is 0 Å². The summed E-state index contributed by atoms with van der Waals surface area (Å²) in [6.45, 7) is 3.78. The predicted molar refractivity (Wildman–Crippen MR) is 66.8 cm³/mol. The first kappa shape index (κ1) is 11.3. The average molecular weight is 257 g/mol. The van der Waals surface area contributed by atoms with Crippen LogP contribution in [0.15, 0.2) is 18.6 Å². The van der Waals surface area contributed by atoms with Crippen molar-refractivity contribution in [3.05, 3.63) is 35.5 Å². The fourth-order valence-electron chi connectivity index (χ4n) is 1.87. The van der Waals surface area contributed by atoms with Gasteiger partial charge in [0, 0.05) is 11.4 Å². The molecule has 1 amide bonds. The number of amides is 1. The Morgan fingerprint density at radius 2 is 2.26 bits per heavy atom. The van der Waals surface area contributed by atoms with Crippen LogP contribution < -0.4 is 5.32 Å². The van der Waals surface area contributed by atoms with Crippen molar-refractivity contribution in [3.63, 3.8) is 0 Å². The highest BCUT2D eigenvalue weighted by molar-refractivity contribution is 6.07. The van der Waals surface area contributed by atoms with E-state index in [1.54, 1.807) is 4.52 Å². The van der Waals surface area contributed by atoms with Crippen molar-refractivity contribution in [1.29, 1.82) is 0 Å². The highest BCUT2D eigenvalue weighted by Crippen LogP contribution is 2.12. The standard InChI is InChI=1S/C11H11N7O/c1-6-3-7(2)18-9(15-6)8(4-14-18)10(19)16-11-12-5-13-17-11/h3-5H,1-2H3,(H2,12,13,16,17,19). The predicted octanol–water partition coefficient (Wildman–Crippen LogP) is 0.717. The lowest BCUT2D eigenvalue weighted by atomic mass is 10.3. The number of anilines is 1. The molecule has 0 spiro atoms. The molecule has 0 saturated heterocycles. The summed E-state index contributed by atoms with van der Waals surface area (Å²) in [5, 5.41) is 13.0. The quantitative estimate of drug-likeness (QED) is 0.704. The molecule has 0 aromatic carbocycles. The Kier molecular flexibility index (Phi) is 2.48. The van der Waals surface area contributed by atoms with Gasteiger partial charge in [-0.15, -0.1) is 0 Å². The van der Waals surface area contributed by atoms with Crippen molar-refractivity contribution in [2.45, 2.75) is 13.8 Å². The van der Waals surface area contributed by atoms with E-state index in [1.165, 1.54) is 12.5 Å². The molecule has 0 radical (unpaired) electrons. The van der Waals surface area contributed by atoms with Crippen molar-refractivity contribution < 1.29 is 4.79 Å². The monoisotopic (exact) mass is 257 g/mol. The summed E-state index contributed by atoms with van der Waals surface area (Å²) in [7, 11) is 0. The van der Waals surface area contributed by atoms with Crippen LogP contribution in [0.5, 0.6) is 0 Å². The zero-order chi connectivity index (χ0) is 13.4. The summed E-state index contributed by atoms with van der Waals surface area (Å²) >= 11 is 0. The van der Waals surface area contributed by atoms with E-state index < -0.39 is 0 Å². The number of nitrogens with zero attached hydrogens (tertiary/aromatic N) is 5. The number of fused-ring (bicyclic) bond motifs is 1. The first-order valence-electron chi connectivity index (χ1n) is 5.64. The van der Waals surface area contributed by atoms with Crippen molar-refractivity contribution in [1.82, 2.24) is 29.8 Å². The van der Waals surface area contributed by atoms with Gasteiger partial charge in [0.05, 0.1) is 6.20 Å². The summed E-state index contributed by atoms with van der Waals surface area (Å²) in [6.07, 6.45) is 2.80. The zero-order valence-corrected chi connectivity index (χ0v) is 10.4. The molecule has 3 aromatic rings. The Morgan fingerprint density at radius 3 is 3.00 bits per heavy atom. The minimum atomic E-state index is -0.329. The van der Waals surface area contributed by atoms with E-state index in [4.69, 9.17) is 0 Å². The van der Waals surface area contributed by atoms with Gasteiger partial charge in [0.25, 0.3) is 5.91 Å². The second-order valence-electron chi connectivity index (χ2n) is 4.12. The van der Waals surface area contributed by atoms with E-state index in [0.29, 0.717) is 11.2 Å². The molecule has 3 aromatic heterocycles. The van der Waals surface area contributed by atoms with Crippen molar-refractivity contribution in [3.8, 4) is 0 Å². The topological polar surface area (TPSA) is 101 Å². The third-order valence-electron chi connectivity index (χ3n) is 2.67. The fraction of sp³-hybridized carbons (Fsp3) is 0.182. The Morgan fingerprint density at radius 1 is 1.42 bits per heavy atom. The Balaban J connectivity index is 2.03. The van der Waals surface area contributed by atoms with Gasteiger partial charge in [0.15, 0.2) is 5.65 Å². The Bertz CT molecular complexity index is 744. The van der Waals surface area contributed by atoms with E-state index >= 15 is 0 Å². The molecular weight excluding hydrogens is 246 g/mol. The minimum Gasteiger partial charge on any atom is -0.291 e. The molecule has 0 atom stereocenters. The molecule has 2 N–H and O–H groups in total. The number of H-pyrrole nitrogens is 1. The molecule has 3 rings (SSSR count). The highest BCUT2D eigenvalue weighted by Gasteiger charge is 2.16. The molecule has 0 saturated carbocycles. The van der Waals surface area contributed by atoms with Crippen LogP contribution in [-0.4, -0.2) is 35.7 Å². The van der Waals surface area contributed by atoms with Gasteiger partial charge in [-0.3, -0.25) is 10.1 Å². The summed E-state index contributed by atoms with van der Waals surface area (Å²) in [4.78, 5) is 20.3. The highest BCUT2D eigenvalue weighted by atomic mass is 16.1. The SMILES string of the molecule is Cc1cc(C)n2ncc(C(=O)Nc3ncn[nH]3)c2n1. The lowest BCUT2D eigenvalue weighted by Crippen LogP contribution is -2.13. The van der Waals surface area contributed by atoms with Crippen molar-refractivity contribution >= 4 is 17.5 Å². The maximum atomic E-state index is 12.1. The van der Waals surface area contributed by atoms with E-state index in [9.17, 15) is 4.79 Å². The van der Waals surface area contributed by atoms with E-state index in [-0.39, 0.29) is 11.9 Å². The van der Waals surface area contributed by atoms with Crippen molar-refractivity contribution in [2.75, 3.05) is 5.32 Å². The van der Waals surface area contributed by atoms with Crippen LogP contribution >= 0.6 is 0 Å². The fourth-order valence-corrected chi connectivity index (χ4v) is 1.87. The molecule has 3 heterocycles. The van der Waals surface area contributed by atoms with Gasteiger partial charge in [-0.25, -0.2) is 14.6 Å². The molecule has 0 unspecified atom stereocenters. The summed E-state index contributed by atoms with van der Waals surface area (Å²) in [5.41, 5.74) is 2.66. The molecular formula is C11H11N7O. The maximum Gasteiger partial charge on any atom is 0.263 e. The third-order valence-corrected chi connectivity index (χ3v) is 2.67. The molecule has 19 heavy (non-hydrogen) atoms. The number of aryl methyl sites for hydroxylation is 2. The Hall–Kier alpha value is -2.77. The summed E-state index contributed by atoms with van der Waals surface area (Å²) in [5.74, 6) is -0.0435. The smallest absolute Gasteiger partial charge is 0.263 e. The normalized spacial score (nSPS) is 10.8. The summed E-state index contributed by atoms with van der Waals surface area (Å²) in [6, 6.07) is 1.90. The lowest BCUT2D eigenvalue weighted by molar-refractivity contribution is 0.102. The molecule has 8 heteroatoms. The van der Waals surface area contributed by atoms with Crippen LogP contribution in [0.4, 0.5) is 5.95 Å². The zero-order valence-electron chi connectivity index (χ0n) is 10.4. The van der Waals surface area contributed by atoms with Crippen LogP contribution in [0.1, 0.15) is 21.7 Å². The second-order valence-corrected chi connectivity index (χ2v) is 4.12. The van der Waals surface area contributed by atoms with Crippen molar-refractivity contribution in [2.24, 2.45) is 0 Å². The third kappa shape index (κ3) is 1.92. The first-order chi connectivity index (χ1) is 9.15. The van der Waals surface area contributed by atoms with Gasteiger partial charge in [-0.05, 0) is 19.9 Å². The van der Waals surface area contributed by atoms with Crippen LogP contribution in [-0.2, 0) is 0 Å². The second kappa shape index (κ2) is 4.16. The van der Waals surface area contributed by atoms with E-state index in [1.807, 2.05) is 19.9 Å². The number of nitrogens with one attached hydrogen (secondary N) is 2. The number of hydrogen-bond donors (Lipinski definition) is 2. The molecule has 0 aliphatic heterocycles. The molecule has 0 fully saturated rings. The number of aromatic nitrogens is 6. The number of carbonyl (C=O) groups excluding carboxylic acids is 1. The minimum absolute atomic E-state index is 0.286. The van der Waals surface area contributed by atoms with E-state index in [0.717, 1.165) is 11.4 Å². The lowest BCUT2D eigenvalue weighted by Gasteiger charge is -2.02. The van der Waals surface area contributed by atoms with Gasteiger partial charge in [-0.1, -0.05) is 0 Å². The molecule has 96 valence electrons. The molecule has 0 bridgehead atoms. The summed E-state index contributed by atoms with van der Waals surface area (Å²) < 4.78 is 1.63. The van der Waals surface area contributed by atoms with Crippen LogP contribution in [0.25, 0.3) is 5.65 Å². The van der Waals surface area contributed by atoms with Crippen LogP contribution in [0, 0.1) is 13.8 Å². The number of aromatic amines is 1. The van der Waals surface area contributed by atoms with Crippen LogP contribution in [0.3, 0.4) is 0 Å². The number of rotatable bonds is 2. The van der Waals surface area contributed by atoms with Gasteiger partial charge < -0.3 is 0 Å². The Labute approximate surface area is 107 Å². The van der Waals surface area contributed by atoms with Gasteiger partial charge >= 0.3 is 0 Å². The van der Waals surface area contributed by atoms with Gasteiger partial charge in [-0.2, -0.15) is 15.2 Å². The maximum absolute atomic E-state index is 12.1. The first-order valence-corrected chi connectivity index (χ1v) is 5.64. The molecule has 0 aliphatic carbocycles. The number of carbonyl (C=O) groups is 1. The number of hydrogen-bond acceptors (Lipinski definition) is 5.